The molecule has 1 unspecified atom stereocenters. The lowest BCUT2D eigenvalue weighted by molar-refractivity contribution is -0.136. The summed E-state index contributed by atoms with van der Waals surface area (Å²) in [7, 11) is 0. The monoisotopic (exact) mass is 451 g/mol. The highest BCUT2D eigenvalue weighted by Gasteiger charge is 2.40. The fourth-order valence-corrected chi connectivity index (χ4v) is 5.45. The van der Waals surface area contributed by atoms with Gasteiger partial charge < -0.3 is 14.7 Å². The van der Waals surface area contributed by atoms with E-state index < -0.39 is 6.04 Å². The van der Waals surface area contributed by atoms with Gasteiger partial charge in [-0.2, -0.15) is 0 Å². The van der Waals surface area contributed by atoms with Crippen molar-refractivity contribution in [3.05, 3.63) is 70.2 Å². The minimum Gasteiger partial charge on any atom is -0.341 e. The molecule has 2 aromatic rings. The number of halogens is 1. The zero-order chi connectivity index (χ0) is 22.2. The van der Waals surface area contributed by atoms with Crippen LogP contribution < -0.4 is 0 Å². The summed E-state index contributed by atoms with van der Waals surface area (Å²) in [6.45, 7) is 2.43. The van der Waals surface area contributed by atoms with Crippen molar-refractivity contribution >= 4 is 29.3 Å². The number of hydrogen-bond acceptors (Lipinski definition) is 3. The van der Waals surface area contributed by atoms with Crippen molar-refractivity contribution in [2.45, 2.75) is 44.3 Å². The van der Waals surface area contributed by atoms with Gasteiger partial charge in [-0.25, -0.2) is 0 Å². The Labute approximate surface area is 192 Å². The van der Waals surface area contributed by atoms with Gasteiger partial charge in [0.25, 0.3) is 11.8 Å². The first-order chi connectivity index (χ1) is 15.5. The molecule has 0 radical (unpaired) electrons. The molecule has 0 spiro atoms. The number of carbonyl (C=O) groups is 3. The molecule has 5 rings (SSSR count). The van der Waals surface area contributed by atoms with E-state index in [-0.39, 0.29) is 23.8 Å². The van der Waals surface area contributed by atoms with Crippen molar-refractivity contribution in [3.8, 4) is 0 Å². The quantitative estimate of drug-likeness (QED) is 0.716. The summed E-state index contributed by atoms with van der Waals surface area (Å²) in [6, 6.07) is 14.5. The number of amides is 3. The summed E-state index contributed by atoms with van der Waals surface area (Å²) in [4.78, 5) is 44.7. The Morgan fingerprint density at radius 1 is 0.906 bits per heavy atom. The van der Waals surface area contributed by atoms with E-state index in [4.69, 9.17) is 11.6 Å². The topological polar surface area (TPSA) is 60.9 Å². The van der Waals surface area contributed by atoms with Gasteiger partial charge in [0, 0.05) is 37.8 Å². The van der Waals surface area contributed by atoms with Crippen molar-refractivity contribution in [2.24, 2.45) is 0 Å². The highest BCUT2D eigenvalue weighted by Crippen LogP contribution is 2.30. The van der Waals surface area contributed by atoms with Crippen molar-refractivity contribution in [1.29, 1.82) is 0 Å². The van der Waals surface area contributed by atoms with Crippen LogP contribution in [0.3, 0.4) is 0 Å². The highest BCUT2D eigenvalue weighted by atomic mass is 35.5. The minimum atomic E-state index is -0.437. The average molecular weight is 452 g/mol. The van der Waals surface area contributed by atoms with Gasteiger partial charge in [0.15, 0.2) is 0 Å². The molecule has 3 amide bonds. The minimum absolute atomic E-state index is 0.0115. The van der Waals surface area contributed by atoms with Gasteiger partial charge in [-0.1, -0.05) is 41.9 Å². The third-order valence-corrected chi connectivity index (χ3v) is 7.30. The van der Waals surface area contributed by atoms with Crippen LogP contribution in [-0.2, 0) is 11.3 Å². The smallest absolute Gasteiger partial charge is 0.256 e. The third-order valence-electron chi connectivity index (χ3n) is 6.97. The summed E-state index contributed by atoms with van der Waals surface area (Å²) < 4.78 is 0. The van der Waals surface area contributed by atoms with Crippen molar-refractivity contribution in [1.82, 2.24) is 14.7 Å². The molecule has 7 heteroatoms. The van der Waals surface area contributed by atoms with Gasteiger partial charge in [-0.05, 0) is 49.4 Å². The van der Waals surface area contributed by atoms with Crippen molar-refractivity contribution < 1.29 is 14.4 Å². The van der Waals surface area contributed by atoms with Gasteiger partial charge in [-0.15, -0.1) is 0 Å². The van der Waals surface area contributed by atoms with E-state index in [1.165, 1.54) is 0 Å². The molecule has 0 bridgehead atoms. The van der Waals surface area contributed by atoms with E-state index in [2.05, 4.69) is 0 Å². The Balaban J connectivity index is 1.22. The number of hydrogen-bond donors (Lipinski definition) is 0. The van der Waals surface area contributed by atoms with Crippen LogP contribution in [0.2, 0.25) is 5.02 Å². The van der Waals surface area contributed by atoms with E-state index in [9.17, 15) is 14.4 Å². The largest absolute Gasteiger partial charge is 0.341 e. The number of benzene rings is 2. The van der Waals surface area contributed by atoms with E-state index in [0.29, 0.717) is 43.2 Å². The predicted octanol–water partition coefficient (Wildman–Crippen LogP) is 3.59. The molecule has 0 aromatic heterocycles. The van der Waals surface area contributed by atoms with Gasteiger partial charge in [0.1, 0.15) is 6.04 Å². The van der Waals surface area contributed by atoms with E-state index in [1.807, 2.05) is 34.1 Å². The Morgan fingerprint density at radius 3 is 2.38 bits per heavy atom. The van der Waals surface area contributed by atoms with Crippen LogP contribution in [0.25, 0.3) is 0 Å². The molecular formula is C25H26ClN3O3. The molecule has 2 fully saturated rings. The number of piperidine rings is 1. The van der Waals surface area contributed by atoms with E-state index >= 15 is 0 Å². The first kappa shape index (κ1) is 21.0. The van der Waals surface area contributed by atoms with Gasteiger partial charge in [0.2, 0.25) is 5.91 Å². The van der Waals surface area contributed by atoms with E-state index in [0.717, 1.165) is 30.4 Å². The molecule has 3 heterocycles. The summed E-state index contributed by atoms with van der Waals surface area (Å²) in [5.74, 6) is -0.0724. The fraction of sp³-hybridized carbons (Fsp3) is 0.400. The maximum Gasteiger partial charge on any atom is 0.256 e. The standard InChI is InChI=1S/C25H26ClN3O3/c26-21-9-4-3-8-20(21)24(31)28-13-5-10-22(28)25(32)27-14-11-18(12-15-27)29-16-17-6-1-2-7-19(17)23(29)30/h1-4,6-9,18,22H,5,10-16H2. The first-order valence-corrected chi connectivity index (χ1v) is 11.7. The molecular weight excluding hydrogens is 426 g/mol. The maximum atomic E-state index is 13.3. The van der Waals surface area contributed by atoms with Crippen molar-refractivity contribution in [3.63, 3.8) is 0 Å². The molecule has 3 aliphatic rings. The summed E-state index contributed by atoms with van der Waals surface area (Å²) >= 11 is 6.22. The molecule has 3 aliphatic heterocycles. The SMILES string of the molecule is O=C(C1CCCN1C(=O)c1ccccc1Cl)N1CCC(N2Cc3ccccc3C2=O)CC1. The molecule has 166 valence electrons. The molecule has 2 aromatic carbocycles. The van der Waals surface area contributed by atoms with Crippen LogP contribution >= 0.6 is 11.6 Å². The lowest BCUT2D eigenvalue weighted by Crippen LogP contribution is -2.52. The second-order valence-corrected chi connectivity index (χ2v) is 9.19. The second kappa shape index (κ2) is 8.58. The number of likely N-dealkylation sites (tertiary alicyclic amines) is 2. The highest BCUT2D eigenvalue weighted by molar-refractivity contribution is 6.33. The van der Waals surface area contributed by atoms with Crippen LogP contribution in [0.5, 0.6) is 0 Å². The Morgan fingerprint density at radius 2 is 1.62 bits per heavy atom. The van der Waals surface area contributed by atoms with Crippen LogP contribution in [-0.4, -0.2) is 64.1 Å². The molecule has 32 heavy (non-hydrogen) atoms. The van der Waals surface area contributed by atoms with Crippen LogP contribution in [0.15, 0.2) is 48.5 Å². The fourth-order valence-electron chi connectivity index (χ4n) is 5.24. The molecule has 0 saturated carbocycles. The first-order valence-electron chi connectivity index (χ1n) is 11.3. The Bertz CT molecular complexity index is 1060. The van der Waals surface area contributed by atoms with Gasteiger partial charge in [-0.3, -0.25) is 14.4 Å². The number of fused-ring (bicyclic) bond motifs is 1. The normalized spacial score (nSPS) is 21.2. The zero-order valence-corrected chi connectivity index (χ0v) is 18.6. The number of rotatable bonds is 3. The lowest BCUT2D eigenvalue weighted by atomic mass is 10.0. The van der Waals surface area contributed by atoms with Crippen LogP contribution in [0.4, 0.5) is 0 Å². The van der Waals surface area contributed by atoms with Crippen LogP contribution in [0.1, 0.15) is 52.0 Å². The Hall–Kier alpha value is -2.86. The number of nitrogens with zero attached hydrogens (tertiary/aromatic N) is 3. The molecule has 6 nitrogen and oxygen atoms in total. The average Bonchev–Trinajstić information content (AvgIpc) is 3.44. The van der Waals surface area contributed by atoms with Gasteiger partial charge in [0.05, 0.1) is 10.6 Å². The Kier molecular flexibility index (Phi) is 5.64. The lowest BCUT2D eigenvalue weighted by Gasteiger charge is -2.38. The molecule has 1 atom stereocenters. The molecule has 2 saturated heterocycles. The summed E-state index contributed by atoms with van der Waals surface area (Å²) in [6.07, 6.45) is 3.01. The third kappa shape index (κ3) is 3.66. The second-order valence-electron chi connectivity index (χ2n) is 8.78. The summed E-state index contributed by atoms with van der Waals surface area (Å²) in [5.41, 5.74) is 2.32. The van der Waals surface area contributed by atoms with Gasteiger partial charge >= 0.3 is 0 Å². The molecule has 0 N–H and O–H groups in total. The predicted molar refractivity (Wildman–Crippen MR) is 121 cm³/mol. The van der Waals surface area contributed by atoms with Crippen molar-refractivity contribution in [2.75, 3.05) is 19.6 Å². The van der Waals surface area contributed by atoms with Crippen LogP contribution in [0, 0.1) is 0 Å². The number of carbonyl (C=O) groups excluding carboxylic acids is 3. The zero-order valence-electron chi connectivity index (χ0n) is 17.9. The van der Waals surface area contributed by atoms with E-state index in [1.54, 1.807) is 29.2 Å². The summed E-state index contributed by atoms with van der Waals surface area (Å²) in [5, 5.41) is 0.410. The maximum absolute atomic E-state index is 13.3. The molecule has 0 aliphatic carbocycles.